The number of hydrogen-bond donors (Lipinski definition) is 1. The first-order valence-corrected chi connectivity index (χ1v) is 4.73. The van der Waals surface area contributed by atoms with Crippen LogP contribution in [-0.4, -0.2) is 12.1 Å². The van der Waals surface area contributed by atoms with Crippen LogP contribution in [0.5, 0.6) is 0 Å². The van der Waals surface area contributed by atoms with E-state index in [1.54, 1.807) is 0 Å². The number of allylic oxidation sites excluding steroid dienone is 2. The Kier molecular flexibility index (Phi) is 1.30. The van der Waals surface area contributed by atoms with Crippen molar-refractivity contribution in [2.45, 2.75) is 18.5 Å². The van der Waals surface area contributed by atoms with Crippen LogP contribution in [0, 0.1) is 11.8 Å². The van der Waals surface area contributed by atoms with Gasteiger partial charge in [-0.3, -0.25) is 0 Å². The molecule has 0 radical (unpaired) electrons. The van der Waals surface area contributed by atoms with Gasteiger partial charge in [-0.1, -0.05) is 36.5 Å². The number of fused-ring (bicyclic) bond motifs is 3. The molecule has 1 nitrogen and oxygen atoms in total. The zero-order valence-corrected chi connectivity index (χ0v) is 6.98. The highest BCUT2D eigenvalue weighted by atomic mass is 15.0. The third kappa shape index (κ3) is 0.774. The van der Waals surface area contributed by atoms with Gasteiger partial charge in [0, 0.05) is 23.9 Å². The lowest BCUT2D eigenvalue weighted by Gasteiger charge is -2.17. The SMILES string of the molecule is C1=CC2NC3CC=CC3C2C=C1. The maximum atomic E-state index is 3.65. The Morgan fingerprint density at radius 2 is 1.92 bits per heavy atom. The van der Waals surface area contributed by atoms with Crippen molar-refractivity contribution in [3.05, 3.63) is 36.5 Å². The molecule has 1 heterocycles. The second kappa shape index (κ2) is 2.33. The highest BCUT2D eigenvalue weighted by molar-refractivity contribution is 5.26. The molecule has 3 rings (SSSR count). The van der Waals surface area contributed by atoms with Gasteiger partial charge in [0.1, 0.15) is 0 Å². The minimum absolute atomic E-state index is 0.606. The summed E-state index contributed by atoms with van der Waals surface area (Å²) in [5.41, 5.74) is 0. The zero-order chi connectivity index (χ0) is 7.97. The van der Waals surface area contributed by atoms with E-state index in [0.717, 1.165) is 11.8 Å². The van der Waals surface area contributed by atoms with E-state index >= 15 is 0 Å². The van der Waals surface area contributed by atoms with Crippen LogP contribution < -0.4 is 5.32 Å². The highest BCUT2D eigenvalue weighted by Gasteiger charge is 2.40. The van der Waals surface area contributed by atoms with Gasteiger partial charge in [0.2, 0.25) is 0 Å². The summed E-state index contributed by atoms with van der Waals surface area (Å²) in [7, 11) is 0. The van der Waals surface area contributed by atoms with Gasteiger partial charge in [0.05, 0.1) is 0 Å². The molecule has 2 aliphatic carbocycles. The summed E-state index contributed by atoms with van der Waals surface area (Å²) in [5, 5.41) is 3.65. The van der Waals surface area contributed by atoms with Crippen LogP contribution in [-0.2, 0) is 0 Å². The maximum Gasteiger partial charge on any atom is 0.0325 e. The molecule has 0 saturated carbocycles. The Bertz CT molecular complexity index is 275. The van der Waals surface area contributed by atoms with E-state index in [9.17, 15) is 0 Å². The largest absolute Gasteiger partial charge is 0.306 e. The molecule has 0 spiro atoms. The van der Waals surface area contributed by atoms with Gasteiger partial charge in [-0.15, -0.1) is 0 Å². The van der Waals surface area contributed by atoms with Gasteiger partial charge in [-0.05, 0) is 6.42 Å². The minimum Gasteiger partial charge on any atom is -0.306 e. The molecule has 1 heteroatoms. The lowest BCUT2D eigenvalue weighted by molar-refractivity contribution is 0.516. The Morgan fingerprint density at radius 3 is 2.92 bits per heavy atom. The van der Waals surface area contributed by atoms with Crippen LogP contribution in [0.15, 0.2) is 36.5 Å². The van der Waals surface area contributed by atoms with E-state index < -0.39 is 0 Å². The van der Waals surface area contributed by atoms with Gasteiger partial charge in [0.25, 0.3) is 0 Å². The van der Waals surface area contributed by atoms with Crippen LogP contribution in [0.4, 0.5) is 0 Å². The van der Waals surface area contributed by atoms with Crippen molar-refractivity contribution < 1.29 is 0 Å². The monoisotopic (exact) mass is 159 g/mol. The van der Waals surface area contributed by atoms with E-state index in [1.807, 2.05) is 0 Å². The third-order valence-electron chi connectivity index (χ3n) is 3.24. The van der Waals surface area contributed by atoms with Gasteiger partial charge >= 0.3 is 0 Å². The van der Waals surface area contributed by atoms with Crippen LogP contribution >= 0.6 is 0 Å². The number of rotatable bonds is 0. The fourth-order valence-corrected chi connectivity index (χ4v) is 2.66. The smallest absolute Gasteiger partial charge is 0.0325 e. The molecule has 0 amide bonds. The highest BCUT2D eigenvalue weighted by Crippen LogP contribution is 2.37. The summed E-state index contributed by atoms with van der Waals surface area (Å²) >= 11 is 0. The minimum atomic E-state index is 0.606. The van der Waals surface area contributed by atoms with Crippen LogP contribution in [0.3, 0.4) is 0 Å². The molecule has 12 heavy (non-hydrogen) atoms. The molecule has 0 aromatic heterocycles. The Morgan fingerprint density at radius 1 is 1.00 bits per heavy atom. The van der Waals surface area contributed by atoms with E-state index in [-0.39, 0.29) is 0 Å². The molecule has 0 aromatic carbocycles. The van der Waals surface area contributed by atoms with Crippen molar-refractivity contribution >= 4 is 0 Å². The first-order valence-electron chi connectivity index (χ1n) is 4.73. The topological polar surface area (TPSA) is 12.0 Å². The summed E-state index contributed by atoms with van der Waals surface area (Å²) < 4.78 is 0. The summed E-state index contributed by atoms with van der Waals surface area (Å²) in [4.78, 5) is 0. The molecule has 62 valence electrons. The fourth-order valence-electron chi connectivity index (χ4n) is 2.66. The average Bonchev–Trinajstić information content (AvgIpc) is 2.62. The lowest BCUT2D eigenvalue weighted by atomic mass is 9.87. The maximum absolute atomic E-state index is 3.65. The molecule has 3 aliphatic rings. The van der Waals surface area contributed by atoms with Crippen molar-refractivity contribution in [2.75, 3.05) is 0 Å². The normalized spacial score (nSPS) is 48.0. The summed E-state index contributed by atoms with van der Waals surface area (Å²) in [5.74, 6) is 1.48. The van der Waals surface area contributed by atoms with E-state index in [4.69, 9.17) is 0 Å². The third-order valence-corrected chi connectivity index (χ3v) is 3.24. The molecule has 4 atom stereocenters. The first kappa shape index (κ1) is 6.67. The van der Waals surface area contributed by atoms with Gasteiger partial charge in [-0.25, -0.2) is 0 Å². The van der Waals surface area contributed by atoms with E-state index in [2.05, 4.69) is 41.8 Å². The Labute approximate surface area is 72.9 Å². The first-order chi connectivity index (χ1) is 5.95. The van der Waals surface area contributed by atoms with Crippen molar-refractivity contribution in [1.82, 2.24) is 5.32 Å². The lowest BCUT2D eigenvalue weighted by Crippen LogP contribution is -2.29. The quantitative estimate of drug-likeness (QED) is 0.530. The summed E-state index contributed by atoms with van der Waals surface area (Å²) in [6.45, 7) is 0. The van der Waals surface area contributed by atoms with Crippen LogP contribution in [0.1, 0.15) is 6.42 Å². The second-order valence-electron chi connectivity index (χ2n) is 3.89. The summed E-state index contributed by atoms with van der Waals surface area (Å²) in [6, 6.07) is 1.32. The molecule has 1 saturated heterocycles. The summed E-state index contributed by atoms with van der Waals surface area (Å²) in [6.07, 6.45) is 14.9. The Hall–Kier alpha value is -0.820. The molecule has 4 unspecified atom stereocenters. The van der Waals surface area contributed by atoms with Crippen molar-refractivity contribution in [1.29, 1.82) is 0 Å². The second-order valence-corrected chi connectivity index (χ2v) is 3.89. The standard InChI is InChI=1S/C11H13N/c1-2-6-10-8(4-1)9-5-3-7-11(9)12-10/h1-6,8-12H,7H2. The Balaban J connectivity index is 1.94. The predicted octanol–water partition coefficient (Wildman–Crippen LogP) is 1.65. The van der Waals surface area contributed by atoms with Crippen molar-refractivity contribution in [3.63, 3.8) is 0 Å². The van der Waals surface area contributed by atoms with Crippen molar-refractivity contribution in [3.8, 4) is 0 Å². The van der Waals surface area contributed by atoms with E-state index in [1.165, 1.54) is 6.42 Å². The predicted molar refractivity (Wildman–Crippen MR) is 49.7 cm³/mol. The van der Waals surface area contributed by atoms with Crippen LogP contribution in [0.25, 0.3) is 0 Å². The molecule has 1 fully saturated rings. The van der Waals surface area contributed by atoms with E-state index in [0.29, 0.717) is 12.1 Å². The number of hydrogen-bond acceptors (Lipinski definition) is 1. The molecule has 0 aromatic rings. The molecular weight excluding hydrogens is 146 g/mol. The number of nitrogens with one attached hydrogen (secondary N) is 1. The molecule has 1 N–H and O–H groups in total. The van der Waals surface area contributed by atoms with Gasteiger partial charge in [0.15, 0.2) is 0 Å². The van der Waals surface area contributed by atoms with Gasteiger partial charge < -0.3 is 5.32 Å². The molecule has 1 aliphatic heterocycles. The van der Waals surface area contributed by atoms with Gasteiger partial charge in [-0.2, -0.15) is 0 Å². The van der Waals surface area contributed by atoms with Crippen molar-refractivity contribution in [2.24, 2.45) is 11.8 Å². The molecule has 0 bridgehead atoms. The van der Waals surface area contributed by atoms with Crippen LogP contribution in [0.2, 0.25) is 0 Å². The molecular formula is C11H13N. The average molecular weight is 159 g/mol. The fraction of sp³-hybridized carbons (Fsp3) is 0.455. The zero-order valence-electron chi connectivity index (χ0n) is 6.98.